The molecule has 2 atom stereocenters. The zero-order chi connectivity index (χ0) is 16.1. The smallest absolute Gasteiger partial charge is 0.373 e. The molecule has 5 N–H and O–H groups in total. The van der Waals surface area contributed by atoms with E-state index >= 15 is 0 Å². The van der Waals surface area contributed by atoms with Crippen molar-refractivity contribution in [2.45, 2.75) is 33.3 Å². The number of aromatic amines is 1. The van der Waals surface area contributed by atoms with Gasteiger partial charge >= 0.3 is 13.5 Å². The van der Waals surface area contributed by atoms with E-state index in [1.165, 1.54) is 13.1 Å². The molecule has 0 fully saturated rings. The number of aryl methyl sites for hydroxylation is 1. The van der Waals surface area contributed by atoms with Crippen molar-refractivity contribution in [1.29, 1.82) is 0 Å². The van der Waals surface area contributed by atoms with Crippen LogP contribution in [0.5, 0.6) is 0 Å². The van der Waals surface area contributed by atoms with Crippen LogP contribution < -0.4 is 11.2 Å². The van der Waals surface area contributed by atoms with Gasteiger partial charge in [-0.25, -0.2) is 9.36 Å². The molecule has 0 aliphatic heterocycles. The lowest BCUT2D eigenvalue weighted by Gasteiger charge is -2.07. The Labute approximate surface area is 113 Å². The number of phosphoric ester groups is 1. The summed E-state index contributed by atoms with van der Waals surface area (Å²) in [5.41, 5.74) is -0.618. The molecule has 0 aliphatic rings. The Hall–Kier alpha value is -1.29. The topological polar surface area (TPSA) is 162 Å². The van der Waals surface area contributed by atoms with Crippen LogP contribution in [0, 0.1) is 6.92 Å². The molecule has 20 heavy (non-hydrogen) atoms. The van der Waals surface area contributed by atoms with Gasteiger partial charge in [-0.05, 0) is 20.8 Å². The Morgan fingerprint density at radius 3 is 2.10 bits per heavy atom. The third kappa shape index (κ3) is 7.34. The van der Waals surface area contributed by atoms with Crippen molar-refractivity contribution in [3.8, 4) is 0 Å². The number of hydrogen-bond acceptors (Lipinski definition) is 6. The van der Waals surface area contributed by atoms with Crippen LogP contribution >= 0.6 is 7.82 Å². The first-order valence-corrected chi connectivity index (χ1v) is 6.89. The predicted octanol–water partition coefficient (Wildman–Crippen LogP) is -1.21. The van der Waals surface area contributed by atoms with Gasteiger partial charge in [0, 0.05) is 11.8 Å². The second-order valence-corrected chi connectivity index (χ2v) is 5.00. The molecule has 0 amide bonds. The van der Waals surface area contributed by atoms with Gasteiger partial charge in [-0.2, -0.15) is 0 Å². The summed E-state index contributed by atoms with van der Waals surface area (Å²) in [5, 5.41) is 17.2. The highest BCUT2D eigenvalue weighted by atomic mass is 31.2. The van der Waals surface area contributed by atoms with Crippen molar-refractivity contribution in [3.63, 3.8) is 0 Å². The Balaban J connectivity index is 0.000000396. The van der Waals surface area contributed by atoms with Crippen LogP contribution in [0.3, 0.4) is 0 Å². The molecule has 2 unspecified atom stereocenters. The largest absolute Gasteiger partial charge is 0.471 e. The van der Waals surface area contributed by atoms with Gasteiger partial charge in [0.1, 0.15) is 6.23 Å². The van der Waals surface area contributed by atoms with Gasteiger partial charge in [0.15, 0.2) is 6.29 Å². The predicted molar refractivity (Wildman–Crippen MR) is 67.8 cm³/mol. The highest BCUT2D eigenvalue weighted by molar-refractivity contribution is 7.46. The molecular weight excluding hydrogens is 295 g/mol. The van der Waals surface area contributed by atoms with Gasteiger partial charge in [-0.1, -0.05) is 0 Å². The summed E-state index contributed by atoms with van der Waals surface area (Å²) in [6, 6.07) is 0. The molecule has 0 spiro atoms. The van der Waals surface area contributed by atoms with Crippen LogP contribution in [0.25, 0.3) is 0 Å². The number of phosphoric acid groups is 1. The fourth-order valence-corrected chi connectivity index (χ4v) is 1.46. The number of rotatable bonds is 3. The maximum Gasteiger partial charge on any atom is 0.471 e. The average molecular weight is 312 g/mol. The first kappa shape index (κ1) is 18.7. The Bertz CT molecular complexity index is 584. The fraction of sp³-hybridized carbons (Fsp3) is 0.556. The molecule has 11 heteroatoms. The first-order chi connectivity index (χ1) is 8.94. The lowest BCUT2D eigenvalue weighted by atomic mass is 10.4. The second kappa shape index (κ2) is 7.48. The van der Waals surface area contributed by atoms with Crippen molar-refractivity contribution >= 4 is 7.82 Å². The van der Waals surface area contributed by atoms with E-state index in [9.17, 15) is 14.2 Å². The van der Waals surface area contributed by atoms with E-state index in [0.717, 1.165) is 11.5 Å². The molecular formula is C9H17N2O8P. The van der Waals surface area contributed by atoms with Crippen molar-refractivity contribution in [2.75, 3.05) is 0 Å². The number of aliphatic hydroxyl groups is 2. The molecule has 1 aromatic heterocycles. The zero-order valence-electron chi connectivity index (χ0n) is 11.0. The van der Waals surface area contributed by atoms with Gasteiger partial charge in [-0.3, -0.25) is 18.9 Å². The van der Waals surface area contributed by atoms with Gasteiger partial charge in [-0.15, -0.1) is 0 Å². The number of hydrogen-bond donors (Lipinski definition) is 5. The molecule has 1 aromatic rings. The first-order valence-electron chi connectivity index (χ1n) is 5.36. The van der Waals surface area contributed by atoms with E-state index < -0.39 is 31.6 Å². The molecule has 0 saturated heterocycles. The number of aliphatic hydroxyl groups excluding tert-OH is 2. The number of H-pyrrole nitrogens is 1. The summed E-state index contributed by atoms with van der Waals surface area (Å²) in [7, 11) is -4.47. The molecule has 0 aliphatic carbocycles. The Kier molecular flexibility index (Phi) is 7.00. The van der Waals surface area contributed by atoms with Crippen LogP contribution in [0.1, 0.15) is 25.6 Å². The summed E-state index contributed by atoms with van der Waals surface area (Å²) in [5.74, 6) is 0. The lowest BCUT2D eigenvalue weighted by Crippen LogP contribution is -2.32. The maximum atomic E-state index is 11.0. The minimum atomic E-state index is -4.47. The SMILES string of the molecule is CC(O)OP(=O)(O)O.Cc1cn(C(C)O)c(=O)[nH]c1=O. The molecule has 0 bridgehead atoms. The van der Waals surface area contributed by atoms with E-state index in [2.05, 4.69) is 9.51 Å². The van der Waals surface area contributed by atoms with Gasteiger partial charge < -0.3 is 20.0 Å². The zero-order valence-corrected chi connectivity index (χ0v) is 11.9. The molecule has 10 nitrogen and oxygen atoms in total. The minimum Gasteiger partial charge on any atom is -0.373 e. The third-order valence-corrected chi connectivity index (χ3v) is 2.42. The average Bonchev–Trinajstić information content (AvgIpc) is 2.20. The Morgan fingerprint density at radius 2 is 1.80 bits per heavy atom. The molecule has 1 heterocycles. The van der Waals surface area contributed by atoms with Crippen molar-refractivity contribution < 1.29 is 29.1 Å². The van der Waals surface area contributed by atoms with Crippen molar-refractivity contribution in [3.05, 3.63) is 32.6 Å². The molecule has 116 valence electrons. The van der Waals surface area contributed by atoms with Crippen LogP contribution in [0.4, 0.5) is 0 Å². The molecule has 1 rings (SSSR count). The van der Waals surface area contributed by atoms with Crippen molar-refractivity contribution in [2.24, 2.45) is 0 Å². The third-order valence-electron chi connectivity index (χ3n) is 1.84. The number of nitrogens with one attached hydrogen (secondary N) is 1. The second-order valence-electron chi connectivity index (χ2n) is 3.81. The molecule has 0 saturated carbocycles. The number of aromatic nitrogens is 2. The highest BCUT2D eigenvalue weighted by Crippen LogP contribution is 2.36. The van der Waals surface area contributed by atoms with Crippen LogP contribution in [0.2, 0.25) is 0 Å². The summed E-state index contributed by atoms with van der Waals surface area (Å²) in [6.45, 7) is 4.12. The van der Waals surface area contributed by atoms with E-state index in [0.29, 0.717) is 5.56 Å². The van der Waals surface area contributed by atoms with Gasteiger partial charge in [0.25, 0.3) is 5.56 Å². The minimum absolute atomic E-state index is 0.399. The molecule has 0 radical (unpaired) electrons. The summed E-state index contributed by atoms with van der Waals surface area (Å²) in [4.78, 5) is 39.8. The van der Waals surface area contributed by atoms with Gasteiger partial charge in [0.05, 0.1) is 0 Å². The van der Waals surface area contributed by atoms with Crippen LogP contribution in [-0.2, 0) is 9.09 Å². The standard InChI is InChI=1S/C7H10N2O3.C2H7O5P/c1-4-3-9(5(2)10)7(12)8-6(4)11;1-2(3)7-8(4,5)6/h3,5,10H,1-2H3,(H,8,11,12);2-3H,1H3,(H2,4,5,6). The highest BCUT2D eigenvalue weighted by Gasteiger charge is 2.16. The van der Waals surface area contributed by atoms with Crippen molar-refractivity contribution in [1.82, 2.24) is 9.55 Å². The van der Waals surface area contributed by atoms with E-state index in [4.69, 9.17) is 20.0 Å². The monoisotopic (exact) mass is 312 g/mol. The van der Waals surface area contributed by atoms with Crippen LogP contribution in [0.15, 0.2) is 15.8 Å². The maximum absolute atomic E-state index is 11.0. The van der Waals surface area contributed by atoms with E-state index in [1.54, 1.807) is 6.92 Å². The fourth-order valence-electron chi connectivity index (χ4n) is 1.06. The summed E-state index contributed by atoms with van der Waals surface area (Å²) in [6.07, 6.45) is -1.02. The summed E-state index contributed by atoms with van der Waals surface area (Å²) >= 11 is 0. The summed E-state index contributed by atoms with van der Waals surface area (Å²) < 4.78 is 14.5. The van der Waals surface area contributed by atoms with Gasteiger partial charge in [0.2, 0.25) is 0 Å². The Morgan fingerprint density at radius 1 is 1.30 bits per heavy atom. The quantitative estimate of drug-likeness (QED) is 0.343. The lowest BCUT2D eigenvalue weighted by molar-refractivity contribution is -0.0209. The van der Waals surface area contributed by atoms with E-state index in [1.807, 2.05) is 0 Å². The van der Waals surface area contributed by atoms with E-state index in [-0.39, 0.29) is 0 Å². The molecule has 0 aromatic carbocycles. The van der Waals surface area contributed by atoms with Crippen LogP contribution in [-0.4, -0.2) is 35.8 Å². The number of nitrogens with zero attached hydrogens (tertiary/aromatic N) is 1. The normalized spacial score (nSPS) is 14.2.